The van der Waals surface area contributed by atoms with Crippen molar-refractivity contribution in [2.24, 2.45) is 0 Å². The number of nitrogens with one attached hydrogen (secondary N) is 1. The van der Waals surface area contributed by atoms with Crippen molar-refractivity contribution >= 4 is 35.0 Å². The number of carbonyl (C=O) groups is 1. The molecule has 0 unspecified atom stereocenters. The number of amides is 1. The minimum atomic E-state index is -0.647. The molecule has 0 bridgehead atoms. The summed E-state index contributed by atoms with van der Waals surface area (Å²) >= 11 is 1.37. The highest BCUT2D eigenvalue weighted by molar-refractivity contribution is 7.98. The van der Waals surface area contributed by atoms with Gasteiger partial charge >= 0.3 is 11.8 Å². The van der Waals surface area contributed by atoms with Gasteiger partial charge in [0.1, 0.15) is 11.4 Å². The fourth-order valence-corrected chi connectivity index (χ4v) is 2.67. The van der Waals surface area contributed by atoms with Crippen molar-refractivity contribution in [1.82, 2.24) is 4.98 Å². The third-order valence-electron chi connectivity index (χ3n) is 3.13. The Kier molecular flexibility index (Phi) is 6.11. The fourth-order valence-electron chi connectivity index (χ4n) is 2.10. The first kappa shape index (κ1) is 20.3. The van der Waals surface area contributed by atoms with Crippen molar-refractivity contribution in [1.29, 1.82) is 0 Å². The fraction of sp³-hybridized carbons (Fsp3) is 0.294. The minimum absolute atomic E-state index is 0.0209. The number of nitrogen functional groups attached to an aromatic ring is 1. The Morgan fingerprint density at radius 3 is 2.63 bits per heavy atom. The molecule has 3 N–H and O–H groups in total. The van der Waals surface area contributed by atoms with Gasteiger partial charge in [-0.05, 0) is 45.2 Å². The zero-order chi connectivity index (χ0) is 20.2. The molecule has 0 saturated heterocycles. The van der Waals surface area contributed by atoms with Crippen molar-refractivity contribution in [3.05, 3.63) is 40.6 Å². The molecule has 0 radical (unpaired) electrons. The molecule has 27 heavy (non-hydrogen) atoms. The van der Waals surface area contributed by atoms with Crippen molar-refractivity contribution < 1.29 is 19.2 Å². The van der Waals surface area contributed by atoms with Crippen LogP contribution in [-0.2, 0) is 4.74 Å². The summed E-state index contributed by atoms with van der Waals surface area (Å²) in [7, 11) is 0. The van der Waals surface area contributed by atoms with Crippen LogP contribution in [0, 0.1) is 10.1 Å². The molecule has 0 saturated carbocycles. The van der Waals surface area contributed by atoms with Crippen LogP contribution in [0.1, 0.15) is 20.8 Å². The number of aromatic nitrogens is 1. The highest BCUT2D eigenvalue weighted by atomic mass is 32.2. The lowest BCUT2D eigenvalue weighted by molar-refractivity contribution is -0.384. The van der Waals surface area contributed by atoms with Gasteiger partial charge in [0.05, 0.1) is 10.6 Å². The van der Waals surface area contributed by atoms with Gasteiger partial charge in [-0.1, -0.05) is 0 Å². The molecule has 2 aromatic rings. The van der Waals surface area contributed by atoms with Crippen molar-refractivity contribution in [2.45, 2.75) is 31.3 Å². The van der Waals surface area contributed by atoms with Gasteiger partial charge in [-0.3, -0.25) is 15.4 Å². The van der Waals surface area contributed by atoms with Crippen LogP contribution in [-0.4, -0.2) is 27.9 Å². The number of carbonyl (C=O) groups excluding carboxylic acids is 1. The van der Waals surface area contributed by atoms with Gasteiger partial charge in [0, 0.05) is 17.2 Å². The number of hydrogen-bond acceptors (Lipinski definition) is 8. The summed E-state index contributed by atoms with van der Waals surface area (Å²) < 4.78 is 10.9. The first-order chi connectivity index (χ1) is 12.6. The maximum absolute atomic E-state index is 12.0. The molecule has 1 heterocycles. The van der Waals surface area contributed by atoms with Gasteiger partial charge in [-0.2, -0.15) is 0 Å². The molecule has 10 heteroatoms. The Morgan fingerprint density at radius 1 is 1.33 bits per heavy atom. The van der Waals surface area contributed by atoms with Crippen LogP contribution in [0.3, 0.4) is 0 Å². The summed E-state index contributed by atoms with van der Waals surface area (Å²) in [5, 5.41) is 13.9. The number of nitrogens with zero attached hydrogens (tertiary/aromatic N) is 2. The summed E-state index contributed by atoms with van der Waals surface area (Å²) in [4.78, 5) is 26.9. The van der Waals surface area contributed by atoms with Gasteiger partial charge < -0.3 is 15.2 Å². The third-order valence-corrected chi connectivity index (χ3v) is 3.91. The lowest BCUT2D eigenvalue weighted by Gasteiger charge is -2.20. The van der Waals surface area contributed by atoms with E-state index in [0.29, 0.717) is 16.3 Å². The van der Waals surface area contributed by atoms with Crippen LogP contribution in [0.15, 0.2) is 35.4 Å². The van der Waals surface area contributed by atoms with Crippen LogP contribution >= 0.6 is 11.8 Å². The molecule has 0 aliphatic carbocycles. The highest BCUT2D eigenvalue weighted by Gasteiger charge is 2.22. The minimum Gasteiger partial charge on any atom is -0.450 e. The monoisotopic (exact) mass is 392 g/mol. The maximum Gasteiger partial charge on any atom is 0.412 e. The molecule has 0 spiro atoms. The SMILES string of the molecule is CSc1cc(Oc2ccnc(N)c2[N+](=O)[O-])ccc1NC(=O)OC(C)(C)C. The van der Waals surface area contributed by atoms with Crippen LogP contribution in [0.25, 0.3) is 0 Å². The summed E-state index contributed by atoms with van der Waals surface area (Å²) in [5.74, 6) is 0.0981. The molecule has 2 rings (SSSR count). The molecule has 1 aromatic heterocycles. The first-order valence-corrected chi connectivity index (χ1v) is 9.08. The second-order valence-corrected chi connectivity index (χ2v) is 7.24. The summed E-state index contributed by atoms with van der Waals surface area (Å²) in [6, 6.07) is 6.21. The summed E-state index contributed by atoms with van der Waals surface area (Å²) in [6.07, 6.45) is 2.57. The maximum atomic E-state index is 12.0. The number of ether oxygens (including phenoxy) is 2. The van der Waals surface area contributed by atoms with E-state index in [2.05, 4.69) is 10.3 Å². The number of benzene rings is 1. The van der Waals surface area contributed by atoms with E-state index in [1.54, 1.807) is 39.0 Å². The average Bonchev–Trinajstić information content (AvgIpc) is 2.54. The molecular weight excluding hydrogens is 372 g/mol. The number of nitro groups is 1. The van der Waals surface area contributed by atoms with Crippen molar-refractivity contribution in [3.63, 3.8) is 0 Å². The van der Waals surface area contributed by atoms with E-state index in [1.807, 2.05) is 6.26 Å². The zero-order valence-electron chi connectivity index (χ0n) is 15.3. The molecule has 144 valence electrons. The van der Waals surface area contributed by atoms with Gasteiger partial charge in [0.2, 0.25) is 11.6 Å². The number of thioether (sulfide) groups is 1. The second-order valence-electron chi connectivity index (χ2n) is 6.39. The van der Waals surface area contributed by atoms with Crippen LogP contribution < -0.4 is 15.8 Å². The van der Waals surface area contributed by atoms with E-state index in [0.717, 1.165) is 0 Å². The predicted molar refractivity (Wildman–Crippen MR) is 103 cm³/mol. The Bertz CT molecular complexity index is 867. The largest absolute Gasteiger partial charge is 0.450 e. The lowest BCUT2D eigenvalue weighted by atomic mass is 10.2. The van der Waals surface area contributed by atoms with E-state index in [-0.39, 0.29) is 11.6 Å². The third kappa shape index (κ3) is 5.48. The Hall–Kier alpha value is -3.01. The van der Waals surface area contributed by atoms with Gasteiger partial charge in [0.15, 0.2) is 0 Å². The van der Waals surface area contributed by atoms with Gasteiger partial charge in [-0.25, -0.2) is 9.78 Å². The number of rotatable bonds is 5. The van der Waals surface area contributed by atoms with E-state index in [1.165, 1.54) is 24.0 Å². The molecule has 0 atom stereocenters. The summed E-state index contributed by atoms with van der Waals surface area (Å²) in [5.41, 5.74) is 5.08. The number of anilines is 2. The predicted octanol–water partition coefficient (Wildman–Crippen LogP) is 4.43. The molecule has 0 aliphatic heterocycles. The average molecular weight is 392 g/mol. The zero-order valence-corrected chi connectivity index (χ0v) is 16.1. The summed E-state index contributed by atoms with van der Waals surface area (Å²) in [6.45, 7) is 5.31. The van der Waals surface area contributed by atoms with Crippen LogP contribution in [0.5, 0.6) is 11.5 Å². The van der Waals surface area contributed by atoms with E-state index in [4.69, 9.17) is 15.2 Å². The van der Waals surface area contributed by atoms with Crippen molar-refractivity contribution in [2.75, 3.05) is 17.3 Å². The van der Waals surface area contributed by atoms with Gasteiger partial charge in [0.25, 0.3) is 0 Å². The Morgan fingerprint density at radius 2 is 2.04 bits per heavy atom. The smallest absolute Gasteiger partial charge is 0.412 e. The molecular formula is C17H20N4O5S. The van der Waals surface area contributed by atoms with E-state index < -0.39 is 22.3 Å². The van der Waals surface area contributed by atoms with Crippen LogP contribution in [0.2, 0.25) is 0 Å². The molecule has 1 amide bonds. The second kappa shape index (κ2) is 8.12. The number of pyridine rings is 1. The number of hydrogen-bond donors (Lipinski definition) is 2. The van der Waals surface area contributed by atoms with Crippen molar-refractivity contribution in [3.8, 4) is 11.5 Å². The topological polar surface area (TPSA) is 130 Å². The Balaban J connectivity index is 2.26. The standard InChI is InChI=1S/C17H20N4O5S/c1-17(2,3)26-16(22)20-11-6-5-10(9-13(11)27-4)25-12-7-8-19-15(18)14(12)21(23)24/h5-9H,1-4H3,(H2,18,19)(H,20,22). The quantitative estimate of drug-likeness (QED) is 0.434. The Labute approximate surface area is 160 Å². The number of nitrogens with two attached hydrogens (primary N) is 1. The molecule has 9 nitrogen and oxygen atoms in total. The molecule has 0 aliphatic rings. The van der Waals surface area contributed by atoms with E-state index in [9.17, 15) is 14.9 Å². The lowest BCUT2D eigenvalue weighted by Crippen LogP contribution is -2.27. The first-order valence-electron chi connectivity index (χ1n) is 7.85. The van der Waals surface area contributed by atoms with Crippen LogP contribution in [0.4, 0.5) is 22.0 Å². The normalized spacial score (nSPS) is 11.0. The molecule has 1 aromatic carbocycles. The molecule has 0 fully saturated rings. The highest BCUT2D eigenvalue weighted by Crippen LogP contribution is 2.37. The van der Waals surface area contributed by atoms with E-state index >= 15 is 0 Å². The van der Waals surface area contributed by atoms with Gasteiger partial charge in [-0.15, -0.1) is 11.8 Å².